The van der Waals surface area contributed by atoms with E-state index in [1.54, 1.807) is 0 Å². The highest BCUT2D eigenvalue weighted by molar-refractivity contribution is 5.16. The molecule has 5 heteroatoms. The van der Waals surface area contributed by atoms with Crippen LogP contribution in [0.15, 0.2) is 4.42 Å². The zero-order chi connectivity index (χ0) is 13.5. The largest absolute Gasteiger partial charge is 0.407 e. The quantitative estimate of drug-likeness (QED) is 0.746. The third-order valence-electron chi connectivity index (χ3n) is 3.01. The van der Waals surface area contributed by atoms with E-state index < -0.39 is 0 Å². The highest BCUT2D eigenvalue weighted by Gasteiger charge is 2.10. The normalized spacial score (nSPS) is 13.3. The lowest BCUT2D eigenvalue weighted by atomic mass is 9.98. The molecule has 1 aromatic heterocycles. The number of nitrogens with zero attached hydrogens (tertiary/aromatic N) is 2. The van der Waals surface area contributed by atoms with Gasteiger partial charge in [0, 0.05) is 6.54 Å². The highest BCUT2D eigenvalue weighted by atomic mass is 16.4. The molecule has 0 saturated heterocycles. The van der Waals surface area contributed by atoms with Gasteiger partial charge in [0.25, 0.3) is 0 Å². The summed E-state index contributed by atoms with van der Waals surface area (Å²) < 4.78 is 5.50. The minimum Gasteiger partial charge on any atom is -0.407 e. The number of anilines is 1. The van der Waals surface area contributed by atoms with Crippen molar-refractivity contribution >= 4 is 6.01 Å². The number of hydrogen-bond acceptors (Lipinski definition) is 5. The molecule has 0 radical (unpaired) electrons. The standard InChI is InChI=1S/C13H26N4O/c1-9(2)6-14-8-12-16-17-13(18-12)15-7-11(5)10(3)4/h9-11,14H,6-8H2,1-5H3,(H,15,17). The fourth-order valence-corrected chi connectivity index (χ4v) is 1.35. The summed E-state index contributed by atoms with van der Waals surface area (Å²) in [5, 5.41) is 14.4. The fourth-order valence-electron chi connectivity index (χ4n) is 1.35. The number of hydrogen-bond donors (Lipinski definition) is 2. The summed E-state index contributed by atoms with van der Waals surface area (Å²) in [6, 6.07) is 0.517. The molecule has 18 heavy (non-hydrogen) atoms. The van der Waals surface area contributed by atoms with Gasteiger partial charge in [0.2, 0.25) is 5.89 Å². The number of aromatic nitrogens is 2. The first-order valence-corrected chi connectivity index (χ1v) is 6.76. The van der Waals surface area contributed by atoms with Crippen molar-refractivity contribution in [2.45, 2.75) is 41.2 Å². The molecule has 1 unspecified atom stereocenters. The van der Waals surface area contributed by atoms with Crippen molar-refractivity contribution in [2.75, 3.05) is 18.4 Å². The Labute approximate surface area is 110 Å². The molecule has 0 aliphatic carbocycles. The monoisotopic (exact) mass is 254 g/mol. The summed E-state index contributed by atoms with van der Waals surface area (Å²) >= 11 is 0. The molecule has 0 fully saturated rings. The molecule has 2 N–H and O–H groups in total. The molecule has 0 amide bonds. The van der Waals surface area contributed by atoms with Crippen LogP contribution in [-0.2, 0) is 6.54 Å². The summed E-state index contributed by atoms with van der Waals surface area (Å²) in [7, 11) is 0. The number of rotatable bonds is 8. The maximum Gasteiger partial charge on any atom is 0.315 e. The Hall–Kier alpha value is -1.10. The van der Waals surface area contributed by atoms with Crippen LogP contribution in [0.4, 0.5) is 6.01 Å². The molecule has 1 rings (SSSR count). The van der Waals surface area contributed by atoms with Gasteiger partial charge < -0.3 is 15.1 Å². The summed E-state index contributed by atoms with van der Waals surface area (Å²) in [5.74, 6) is 2.49. The van der Waals surface area contributed by atoms with Gasteiger partial charge in [0.05, 0.1) is 6.54 Å². The zero-order valence-corrected chi connectivity index (χ0v) is 12.2. The molecule has 0 spiro atoms. The van der Waals surface area contributed by atoms with Crippen molar-refractivity contribution < 1.29 is 4.42 Å². The van der Waals surface area contributed by atoms with Gasteiger partial charge in [-0.15, -0.1) is 5.10 Å². The van der Waals surface area contributed by atoms with Gasteiger partial charge in [-0.3, -0.25) is 0 Å². The lowest BCUT2D eigenvalue weighted by Crippen LogP contribution is -2.19. The van der Waals surface area contributed by atoms with Crippen LogP contribution in [0.1, 0.15) is 40.5 Å². The molecule has 1 aromatic rings. The third-order valence-corrected chi connectivity index (χ3v) is 3.01. The van der Waals surface area contributed by atoms with Crippen molar-refractivity contribution in [3.63, 3.8) is 0 Å². The van der Waals surface area contributed by atoms with Gasteiger partial charge in [-0.2, -0.15) is 0 Å². The molecule has 0 bridgehead atoms. The minimum absolute atomic E-state index is 0.517. The van der Waals surface area contributed by atoms with Crippen molar-refractivity contribution in [2.24, 2.45) is 17.8 Å². The van der Waals surface area contributed by atoms with Gasteiger partial charge in [-0.25, -0.2) is 0 Å². The van der Waals surface area contributed by atoms with E-state index >= 15 is 0 Å². The Balaban J connectivity index is 2.30. The van der Waals surface area contributed by atoms with Crippen LogP contribution in [0.3, 0.4) is 0 Å². The van der Waals surface area contributed by atoms with Crippen LogP contribution in [0.2, 0.25) is 0 Å². The van der Waals surface area contributed by atoms with Gasteiger partial charge in [-0.05, 0) is 24.3 Å². The molecule has 0 aromatic carbocycles. The lowest BCUT2D eigenvalue weighted by molar-refractivity contribution is 0.426. The Morgan fingerprint density at radius 2 is 1.78 bits per heavy atom. The Kier molecular flexibility index (Phi) is 6.12. The van der Waals surface area contributed by atoms with E-state index in [9.17, 15) is 0 Å². The first-order chi connectivity index (χ1) is 8.49. The second-order valence-electron chi connectivity index (χ2n) is 5.63. The van der Waals surface area contributed by atoms with Crippen LogP contribution < -0.4 is 10.6 Å². The Bertz CT molecular complexity index is 335. The fraction of sp³-hybridized carbons (Fsp3) is 0.846. The first kappa shape index (κ1) is 15.0. The van der Waals surface area contributed by atoms with Gasteiger partial charge in [0.15, 0.2) is 0 Å². The van der Waals surface area contributed by atoms with E-state index in [0.29, 0.717) is 36.2 Å². The predicted octanol–water partition coefficient (Wildman–Crippen LogP) is 2.52. The molecular formula is C13H26N4O. The van der Waals surface area contributed by atoms with Gasteiger partial charge >= 0.3 is 6.01 Å². The molecular weight excluding hydrogens is 228 g/mol. The molecule has 1 heterocycles. The average molecular weight is 254 g/mol. The summed E-state index contributed by atoms with van der Waals surface area (Å²) in [6.07, 6.45) is 0. The van der Waals surface area contributed by atoms with E-state index in [1.807, 2.05) is 0 Å². The van der Waals surface area contributed by atoms with E-state index in [1.165, 1.54) is 0 Å². The SMILES string of the molecule is CC(C)CNCc1nnc(NCC(C)C(C)C)o1. The summed E-state index contributed by atoms with van der Waals surface area (Å²) in [4.78, 5) is 0. The van der Waals surface area contributed by atoms with Gasteiger partial charge in [-0.1, -0.05) is 39.7 Å². The molecule has 1 atom stereocenters. The van der Waals surface area contributed by atoms with Crippen LogP contribution >= 0.6 is 0 Å². The van der Waals surface area contributed by atoms with Crippen molar-refractivity contribution in [1.82, 2.24) is 15.5 Å². The predicted molar refractivity (Wildman–Crippen MR) is 73.3 cm³/mol. The molecule has 5 nitrogen and oxygen atoms in total. The number of nitrogens with one attached hydrogen (secondary N) is 2. The van der Waals surface area contributed by atoms with Gasteiger partial charge in [0.1, 0.15) is 0 Å². The lowest BCUT2D eigenvalue weighted by Gasteiger charge is -2.14. The van der Waals surface area contributed by atoms with Crippen LogP contribution in [0.25, 0.3) is 0 Å². The van der Waals surface area contributed by atoms with E-state index in [2.05, 4.69) is 55.4 Å². The van der Waals surface area contributed by atoms with E-state index in [4.69, 9.17) is 4.42 Å². The third kappa shape index (κ3) is 5.49. The van der Waals surface area contributed by atoms with Crippen molar-refractivity contribution in [3.05, 3.63) is 5.89 Å². The maximum absolute atomic E-state index is 5.50. The Morgan fingerprint density at radius 1 is 1.06 bits per heavy atom. The molecule has 0 saturated carbocycles. The molecule has 104 valence electrons. The summed E-state index contributed by atoms with van der Waals surface area (Å²) in [5.41, 5.74) is 0. The van der Waals surface area contributed by atoms with Crippen molar-refractivity contribution in [3.8, 4) is 0 Å². The van der Waals surface area contributed by atoms with Crippen molar-refractivity contribution in [1.29, 1.82) is 0 Å². The minimum atomic E-state index is 0.517. The first-order valence-electron chi connectivity index (χ1n) is 6.76. The second-order valence-corrected chi connectivity index (χ2v) is 5.63. The maximum atomic E-state index is 5.50. The zero-order valence-electron chi connectivity index (χ0n) is 12.2. The average Bonchev–Trinajstić information content (AvgIpc) is 2.73. The Morgan fingerprint density at radius 3 is 2.39 bits per heavy atom. The summed E-state index contributed by atoms with van der Waals surface area (Å²) in [6.45, 7) is 13.4. The van der Waals surface area contributed by atoms with Crippen LogP contribution in [0, 0.1) is 17.8 Å². The van der Waals surface area contributed by atoms with Crippen LogP contribution in [-0.4, -0.2) is 23.3 Å². The van der Waals surface area contributed by atoms with E-state index in [0.717, 1.165) is 13.1 Å². The smallest absolute Gasteiger partial charge is 0.315 e. The topological polar surface area (TPSA) is 63.0 Å². The molecule has 0 aliphatic rings. The second kappa shape index (κ2) is 7.36. The molecule has 0 aliphatic heterocycles. The van der Waals surface area contributed by atoms with E-state index in [-0.39, 0.29) is 0 Å². The van der Waals surface area contributed by atoms with Crippen LogP contribution in [0.5, 0.6) is 0 Å². The highest BCUT2D eigenvalue weighted by Crippen LogP contribution is 2.11.